The third-order valence-corrected chi connectivity index (χ3v) is 6.08. The summed E-state index contributed by atoms with van der Waals surface area (Å²) in [6.45, 7) is 2.34. The molecule has 1 nitrogen and oxygen atoms in total. The Balaban J connectivity index is 1.77. The van der Waals surface area contributed by atoms with Gasteiger partial charge in [-0.3, -0.25) is 0 Å². The van der Waals surface area contributed by atoms with Gasteiger partial charge in [0.15, 0.2) is 0 Å². The standard InChI is InChI=1S/C15H27N/c1-2-4-11-5-3-8-15(10-11)13-7-6-12(9-13)14(15)16/h11-14H,2-10,16H2,1H3/t11-,12?,13-,14-,15+/m0/s1. The van der Waals surface area contributed by atoms with Crippen molar-refractivity contribution in [1.29, 1.82) is 0 Å². The van der Waals surface area contributed by atoms with Gasteiger partial charge in [0.05, 0.1) is 0 Å². The van der Waals surface area contributed by atoms with Gasteiger partial charge in [0.25, 0.3) is 0 Å². The summed E-state index contributed by atoms with van der Waals surface area (Å²) in [5, 5.41) is 0. The lowest BCUT2D eigenvalue weighted by Gasteiger charge is -2.48. The van der Waals surface area contributed by atoms with E-state index in [1.165, 1.54) is 57.8 Å². The Bertz CT molecular complexity index is 256. The van der Waals surface area contributed by atoms with Crippen LogP contribution in [0.3, 0.4) is 0 Å². The normalized spacial score (nSPS) is 51.4. The summed E-state index contributed by atoms with van der Waals surface area (Å²) in [7, 11) is 0. The molecule has 2 bridgehead atoms. The van der Waals surface area contributed by atoms with Crippen molar-refractivity contribution in [2.45, 2.75) is 70.8 Å². The molecule has 5 atom stereocenters. The minimum Gasteiger partial charge on any atom is -0.327 e. The van der Waals surface area contributed by atoms with E-state index in [4.69, 9.17) is 5.73 Å². The molecule has 2 N–H and O–H groups in total. The van der Waals surface area contributed by atoms with Crippen LogP contribution in [0.2, 0.25) is 0 Å². The van der Waals surface area contributed by atoms with Gasteiger partial charge >= 0.3 is 0 Å². The Kier molecular flexibility index (Phi) is 2.78. The van der Waals surface area contributed by atoms with Gasteiger partial charge < -0.3 is 5.73 Å². The molecule has 0 aromatic carbocycles. The number of nitrogens with two attached hydrogens (primary N) is 1. The van der Waals surface area contributed by atoms with Crippen LogP contribution in [0.4, 0.5) is 0 Å². The molecule has 16 heavy (non-hydrogen) atoms. The first-order valence-electron chi connectivity index (χ1n) is 7.52. The highest BCUT2D eigenvalue weighted by Crippen LogP contribution is 2.62. The molecule has 0 aromatic heterocycles. The van der Waals surface area contributed by atoms with E-state index < -0.39 is 0 Å². The summed E-state index contributed by atoms with van der Waals surface area (Å²) in [6, 6.07) is 0.561. The van der Waals surface area contributed by atoms with E-state index in [0.717, 1.165) is 17.8 Å². The molecule has 1 spiro atoms. The van der Waals surface area contributed by atoms with E-state index in [1.807, 2.05) is 0 Å². The van der Waals surface area contributed by atoms with Gasteiger partial charge in [-0.25, -0.2) is 0 Å². The van der Waals surface area contributed by atoms with Crippen LogP contribution in [0, 0.1) is 23.2 Å². The average molecular weight is 221 g/mol. The molecule has 92 valence electrons. The van der Waals surface area contributed by atoms with E-state index in [-0.39, 0.29) is 0 Å². The summed E-state index contributed by atoms with van der Waals surface area (Å²) in [5.74, 6) is 2.90. The van der Waals surface area contributed by atoms with Gasteiger partial charge in [-0.05, 0) is 55.3 Å². The van der Waals surface area contributed by atoms with Gasteiger partial charge in [-0.1, -0.05) is 32.6 Å². The first-order valence-corrected chi connectivity index (χ1v) is 7.52. The third-order valence-electron chi connectivity index (χ3n) is 6.08. The minimum atomic E-state index is 0.561. The maximum Gasteiger partial charge on any atom is 0.0127 e. The van der Waals surface area contributed by atoms with Crippen LogP contribution in [-0.2, 0) is 0 Å². The highest BCUT2D eigenvalue weighted by molar-refractivity contribution is 5.09. The van der Waals surface area contributed by atoms with E-state index in [2.05, 4.69) is 6.92 Å². The Morgan fingerprint density at radius 2 is 2.12 bits per heavy atom. The zero-order valence-corrected chi connectivity index (χ0v) is 10.8. The molecule has 0 aliphatic heterocycles. The quantitative estimate of drug-likeness (QED) is 0.755. The largest absolute Gasteiger partial charge is 0.327 e. The molecular weight excluding hydrogens is 194 g/mol. The molecule has 0 heterocycles. The highest BCUT2D eigenvalue weighted by atomic mass is 14.8. The van der Waals surface area contributed by atoms with Gasteiger partial charge in [0.1, 0.15) is 0 Å². The second-order valence-electron chi connectivity index (χ2n) is 6.78. The van der Waals surface area contributed by atoms with Crippen molar-refractivity contribution in [1.82, 2.24) is 0 Å². The predicted octanol–water partition coefficient (Wildman–Crippen LogP) is 3.72. The topological polar surface area (TPSA) is 26.0 Å². The second-order valence-corrected chi connectivity index (χ2v) is 6.78. The fourth-order valence-electron chi connectivity index (χ4n) is 5.40. The van der Waals surface area contributed by atoms with Gasteiger partial charge in [0, 0.05) is 6.04 Å². The van der Waals surface area contributed by atoms with Crippen LogP contribution in [-0.4, -0.2) is 6.04 Å². The van der Waals surface area contributed by atoms with Crippen LogP contribution in [0.1, 0.15) is 64.7 Å². The molecule has 3 rings (SSSR count). The molecule has 0 radical (unpaired) electrons. The Labute approximate surface area is 100 Å². The fourth-order valence-corrected chi connectivity index (χ4v) is 5.40. The lowest BCUT2D eigenvalue weighted by Crippen LogP contribution is -2.48. The molecule has 3 aliphatic rings. The Morgan fingerprint density at radius 3 is 2.81 bits per heavy atom. The van der Waals surface area contributed by atoms with E-state index in [0.29, 0.717) is 11.5 Å². The maximum atomic E-state index is 6.59. The van der Waals surface area contributed by atoms with Crippen molar-refractivity contribution in [3.05, 3.63) is 0 Å². The second kappa shape index (κ2) is 4.01. The van der Waals surface area contributed by atoms with Gasteiger partial charge in [0.2, 0.25) is 0 Å². The van der Waals surface area contributed by atoms with Crippen molar-refractivity contribution >= 4 is 0 Å². The lowest BCUT2D eigenvalue weighted by atomic mass is 9.59. The Hall–Kier alpha value is -0.0400. The molecule has 3 saturated carbocycles. The Morgan fingerprint density at radius 1 is 1.25 bits per heavy atom. The zero-order chi connectivity index (χ0) is 11.2. The SMILES string of the molecule is CCC[C@H]1CCC[C@@]2(C1)[C@H]1CCC(C1)[C@@H]2N. The number of hydrogen-bond donors (Lipinski definition) is 1. The summed E-state index contributed by atoms with van der Waals surface area (Å²) >= 11 is 0. The molecule has 0 amide bonds. The van der Waals surface area contributed by atoms with Crippen LogP contribution in [0.5, 0.6) is 0 Å². The molecule has 0 aromatic rings. The highest BCUT2D eigenvalue weighted by Gasteiger charge is 2.57. The lowest BCUT2D eigenvalue weighted by molar-refractivity contribution is 0.0456. The van der Waals surface area contributed by atoms with Crippen LogP contribution < -0.4 is 5.73 Å². The number of hydrogen-bond acceptors (Lipinski definition) is 1. The van der Waals surface area contributed by atoms with Crippen molar-refractivity contribution in [2.24, 2.45) is 28.9 Å². The van der Waals surface area contributed by atoms with Crippen LogP contribution in [0.15, 0.2) is 0 Å². The van der Waals surface area contributed by atoms with Crippen LogP contribution in [0.25, 0.3) is 0 Å². The fraction of sp³-hybridized carbons (Fsp3) is 1.00. The molecule has 1 unspecified atom stereocenters. The zero-order valence-electron chi connectivity index (χ0n) is 10.8. The summed E-state index contributed by atoms with van der Waals surface area (Å²) in [4.78, 5) is 0. The van der Waals surface area contributed by atoms with Crippen molar-refractivity contribution in [3.63, 3.8) is 0 Å². The van der Waals surface area contributed by atoms with E-state index in [9.17, 15) is 0 Å². The molecular formula is C15H27N. The average Bonchev–Trinajstić information content (AvgIpc) is 2.84. The molecule has 3 fully saturated rings. The molecule has 3 aliphatic carbocycles. The van der Waals surface area contributed by atoms with Gasteiger partial charge in [-0.15, -0.1) is 0 Å². The van der Waals surface area contributed by atoms with Crippen molar-refractivity contribution in [2.75, 3.05) is 0 Å². The monoisotopic (exact) mass is 221 g/mol. The van der Waals surface area contributed by atoms with E-state index >= 15 is 0 Å². The van der Waals surface area contributed by atoms with Crippen LogP contribution >= 0.6 is 0 Å². The first-order chi connectivity index (χ1) is 7.76. The summed E-state index contributed by atoms with van der Waals surface area (Å²) < 4.78 is 0. The summed E-state index contributed by atoms with van der Waals surface area (Å²) in [6.07, 6.45) is 13.1. The van der Waals surface area contributed by atoms with Crippen molar-refractivity contribution in [3.8, 4) is 0 Å². The van der Waals surface area contributed by atoms with E-state index in [1.54, 1.807) is 0 Å². The molecule has 0 saturated heterocycles. The van der Waals surface area contributed by atoms with Gasteiger partial charge in [-0.2, -0.15) is 0 Å². The number of rotatable bonds is 2. The third kappa shape index (κ3) is 1.47. The van der Waals surface area contributed by atoms with Crippen molar-refractivity contribution < 1.29 is 0 Å². The summed E-state index contributed by atoms with van der Waals surface area (Å²) in [5.41, 5.74) is 7.19. The smallest absolute Gasteiger partial charge is 0.0127 e. The molecule has 1 heteroatoms. The minimum absolute atomic E-state index is 0.561. The maximum absolute atomic E-state index is 6.59. The first kappa shape index (κ1) is 11.1. The number of fused-ring (bicyclic) bond motifs is 3. The predicted molar refractivity (Wildman–Crippen MR) is 68.1 cm³/mol.